The molecule has 0 saturated heterocycles. The van der Waals surface area contributed by atoms with Crippen LogP contribution in [0.25, 0.3) is 0 Å². The summed E-state index contributed by atoms with van der Waals surface area (Å²) in [4.78, 5) is 0. The van der Waals surface area contributed by atoms with E-state index in [0.29, 0.717) is 19.8 Å². The van der Waals surface area contributed by atoms with Crippen LogP contribution < -0.4 is 5.19 Å². The predicted octanol–water partition coefficient (Wildman–Crippen LogP) is 2.41. The third-order valence-corrected chi connectivity index (χ3v) is 6.11. The number of benzene rings is 1. The van der Waals surface area contributed by atoms with Crippen LogP contribution in [0.2, 0.25) is 0 Å². The zero-order valence-electron chi connectivity index (χ0n) is 12.0. The molecule has 0 atom stereocenters. The molecule has 0 unspecified atom stereocenters. The largest absolute Gasteiger partial charge is 0.537 e. The standard InChI is InChI=1S/C14H24O3SSi/c1-4-15-19(16-5-2,17-6-3)14-10-8-7-9-13(14)11-12-18/h7-10,18H,4-6,11-12H2,1-3H3. The molecule has 0 bridgehead atoms. The zero-order valence-corrected chi connectivity index (χ0v) is 13.9. The Morgan fingerprint density at radius 1 is 0.947 bits per heavy atom. The molecule has 108 valence electrons. The fourth-order valence-corrected chi connectivity index (χ4v) is 5.09. The number of thiol groups is 1. The van der Waals surface area contributed by atoms with Gasteiger partial charge in [-0.3, -0.25) is 0 Å². The van der Waals surface area contributed by atoms with Gasteiger partial charge in [-0.15, -0.1) is 0 Å². The van der Waals surface area contributed by atoms with Gasteiger partial charge in [-0.05, 0) is 38.5 Å². The van der Waals surface area contributed by atoms with Gasteiger partial charge in [0.05, 0.1) is 0 Å². The molecule has 0 spiro atoms. The van der Waals surface area contributed by atoms with E-state index in [9.17, 15) is 0 Å². The van der Waals surface area contributed by atoms with Crippen LogP contribution in [0.1, 0.15) is 26.3 Å². The highest BCUT2D eigenvalue weighted by Gasteiger charge is 2.44. The molecule has 0 fully saturated rings. The van der Waals surface area contributed by atoms with Gasteiger partial charge in [0, 0.05) is 25.0 Å². The summed E-state index contributed by atoms with van der Waals surface area (Å²) in [7, 11) is -2.79. The van der Waals surface area contributed by atoms with Crippen LogP contribution in [0.15, 0.2) is 24.3 Å². The van der Waals surface area contributed by atoms with Crippen molar-refractivity contribution < 1.29 is 13.3 Å². The van der Waals surface area contributed by atoms with Gasteiger partial charge in [0.15, 0.2) is 0 Å². The number of rotatable bonds is 9. The minimum atomic E-state index is -2.79. The summed E-state index contributed by atoms with van der Waals surface area (Å²) in [6, 6.07) is 8.21. The third kappa shape index (κ3) is 4.32. The van der Waals surface area contributed by atoms with Gasteiger partial charge in [0.2, 0.25) is 0 Å². The Morgan fingerprint density at radius 2 is 1.47 bits per heavy atom. The van der Waals surface area contributed by atoms with Crippen molar-refractivity contribution in [2.45, 2.75) is 27.2 Å². The maximum absolute atomic E-state index is 5.95. The maximum atomic E-state index is 5.95. The molecule has 0 radical (unpaired) electrons. The Balaban J connectivity index is 3.20. The van der Waals surface area contributed by atoms with Crippen molar-refractivity contribution >= 4 is 26.6 Å². The quantitative estimate of drug-likeness (QED) is 0.561. The van der Waals surface area contributed by atoms with E-state index in [-0.39, 0.29) is 0 Å². The summed E-state index contributed by atoms with van der Waals surface area (Å²) in [6.07, 6.45) is 0.890. The van der Waals surface area contributed by atoms with E-state index in [0.717, 1.165) is 17.4 Å². The van der Waals surface area contributed by atoms with Gasteiger partial charge in [0.25, 0.3) is 0 Å². The Kier molecular flexibility index (Phi) is 7.71. The van der Waals surface area contributed by atoms with Crippen LogP contribution in [0.5, 0.6) is 0 Å². The van der Waals surface area contributed by atoms with Crippen LogP contribution in [-0.4, -0.2) is 34.4 Å². The third-order valence-electron chi connectivity index (χ3n) is 2.73. The van der Waals surface area contributed by atoms with Gasteiger partial charge in [-0.25, -0.2) is 0 Å². The van der Waals surface area contributed by atoms with E-state index in [2.05, 4.69) is 24.8 Å². The molecule has 19 heavy (non-hydrogen) atoms. The summed E-state index contributed by atoms with van der Waals surface area (Å²) < 4.78 is 17.9. The van der Waals surface area contributed by atoms with Crippen molar-refractivity contribution in [1.29, 1.82) is 0 Å². The van der Waals surface area contributed by atoms with Crippen LogP contribution in [0.4, 0.5) is 0 Å². The molecule has 0 N–H and O–H groups in total. The Bertz CT molecular complexity index is 356. The normalized spacial score (nSPS) is 11.8. The lowest BCUT2D eigenvalue weighted by molar-refractivity contribution is 0.0857. The predicted molar refractivity (Wildman–Crippen MR) is 84.3 cm³/mol. The summed E-state index contributed by atoms with van der Waals surface area (Å²) in [6.45, 7) is 7.67. The minimum Gasteiger partial charge on any atom is -0.370 e. The van der Waals surface area contributed by atoms with E-state index >= 15 is 0 Å². The fourth-order valence-electron chi connectivity index (χ4n) is 2.09. The van der Waals surface area contributed by atoms with Gasteiger partial charge in [-0.2, -0.15) is 12.6 Å². The number of aryl methyl sites for hydroxylation is 1. The van der Waals surface area contributed by atoms with Crippen molar-refractivity contribution in [2.75, 3.05) is 25.6 Å². The van der Waals surface area contributed by atoms with Crippen molar-refractivity contribution in [3.8, 4) is 0 Å². The van der Waals surface area contributed by atoms with E-state index in [1.807, 2.05) is 32.9 Å². The molecule has 0 saturated carbocycles. The Hall–Kier alpha value is -0.333. The first-order chi connectivity index (χ1) is 9.24. The highest BCUT2D eigenvalue weighted by Crippen LogP contribution is 2.14. The fraction of sp³-hybridized carbons (Fsp3) is 0.571. The van der Waals surface area contributed by atoms with Crippen molar-refractivity contribution in [3.05, 3.63) is 29.8 Å². The van der Waals surface area contributed by atoms with Crippen LogP contribution in [0.3, 0.4) is 0 Å². The first-order valence-corrected chi connectivity index (χ1v) is 9.20. The van der Waals surface area contributed by atoms with E-state index in [4.69, 9.17) is 13.3 Å². The average molecular weight is 300 g/mol. The van der Waals surface area contributed by atoms with Crippen molar-refractivity contribution in [2.24, 2.45) is 0 Å². The van der Waals surface area contributed by atoms with E-state index < -0.39 is 8.80 Å². The second kappa shape index (κ2) is 8.76. The van der Waals surface area contributed by atoms with Crippen LogP contribution >= 0.6 is 12.6 Å². The molecule has 0 heterocycles. The highest BCUT2D eigenvalue weighted by molar-refractivity contribution is 7.80. The van der Waals surface area contributed by atoms with Gasteiger partial charge in [-0.1, -0.05) is 24.3 Å². The first-order valence-electron chi connectivity index (χ1n) is 6.85. The number of hydrogen-bond donors (Lipinski definition) is 1. The highest BCUT2D eigenvalue weighted by atomic mass is 32.1. The topological polar surface area (TPSA) is 27.7 Å². The van der Waals surface area contributed by atoms with E-state index in [1.54, 1.807) is 0 Å². The van der Waals surface area contributed by atoms with Gasteiger partial charge >= 0.3 is 8.80 Å². The van der Waals surface area contributed by atoms with Crippen molar-refractivity contribution in [1.82, 2.24) is 0 Å². The summed E-state index contributed by atoms with van der Waals surface area (Å²) >= 11 is 4.32. The molecular weight excluding hydrogens is 276 g/mol. The lowest BCUT2D eigenvalue weighted by Crippen LogP contribution is -2.58. The second-order valence-electron chi connectivity index (χ2n) is 3.99. The lowest BCUT2D eigenvalue weighted by Gasteiger charge is -2.30. The molecule has 3 nitrogen and oxygen atoms in total. The summed E-state index contributed by atoms with van der Waals surface area (Å²) in [5.74, 6) is 0.797. The molecule has 1 aromatic carbocycles. The SMILES string of the molecule is CCO[Si](OCC)(OCC)c1ccccc1CCS. The second-order valence-corrected chi connectivity index (χ2v) is 6.95. The zero-order chi connectivity index (χ0) is 14.1. The van der Waals surface area contributed by atoms with E-state index in [1.165, 1.54) is 5.56 Å². The summed E-state index contributed by atoms with van der Waals surface area (Å²) in [5, 5.41) is 1.08. The summed E-state index contributed by atoms with van der Waals surface area (Å²) in [5.41, 5.74) is 1.21. The molecule has 1 aromatic rings. The Morgan fingerprint density at radius 3 is 1.95 bits per heavy atom. The van der Waals surface area contributed by atoms with Crippen LogP contribution in [-0.2, 0) is 19.7 Å². The molecule has 1 rings (SSSR count). The van der Waals surface area contributed by atoms with Gasteiger partial charge in [0.1, 0.15) is 0 Å². The molecule has 0 amide bonds. The smallest absolute Gasteiger partial charge is 0.370 e. The Labute approximate surface area is 123 Å². The molecule has 5 heteroatoms. The van der Waals surface area contributed by atoms with Gasteiger partial charge < -0.3 is 13.3 Å². The first kappa shape index (κ1) is 16.7. The monoisotopic (exact) mass is 300 g/mol. The molecular formula is C14H24O3SSi. The molecule has 0 aliphatic carbocycles. The number of hydrogen-bond acceptors (Lipinski definition) is 4. The lowest BCUT2D eigenvalue weighted by atomic mass is 10.2. The van der Waals surface area contributed by atoms with Crippen molar-refractivity contribution in [3.63, 3.8) is 0 Å². The minimum absolute atomic E-state index is 0.585. The van der Waals surface area contributed by atoms with Crippen LogP contribution in [0, 0.1) is 0 Å². The maximum Gasteiger partial charge on any atom is 0.537 e. The molecule has 0 aliphatic heterocycles. The molecule has 0 aromatic heterocycles. The molecule has 0 aliphatic rings. The average Bonchev–Trinajstić information content (AvgIpc) is 2.40.